The second-order valence-electron chi connectivity index (χ2n) is 3.44. The van der Waals surface area contributed by atoms with Crippen molar-refractivity contribution in [2.45, 2.75) is 33.6 Å². The van der Waals surface area contributed by atoms with Crippen LogP contribution in [0.3, 0.4) is 0 Å². The number of carboxylic acid groups (broad SMARTS) is 1. The third-order valence-corrected chi connectivity index (χ3v) is 1.37. The van der Waals surface area contributed by atoms with Gasteiger partial charge in [0.25, 0.3) is 0 Å². The van der Waals surface area contributed by atoms with Gasteiger partial charge >= 0.3 is 11.9 Å². The maximum atomic E-state index is 10.3. The molecule has 0 aliphatic heterocycles. The van der Waals surface area contributed by atoms with Crippen LogP contribution in [0.15, 0.2) is 0 Å². The van der Waals surface area contributed by atoms with Gasteiger partial charge in [0.2, 0.25) is 0 Å². The molecule has 0 aromatic heterocycles. The second kappa shape index (κ2) is 24.2. The number of ether oxygens (including phenoxy) is 1. The number of aliphatic carboxylic acids is 1. The molecule has 0 atom stereocenters. The van der Waals surface area contributed by atoms with Crippen LogP contribution < -0.4 is 0 Å². The van der Waals surface area contributed by atoms with Crippen molar-refractivity contribution < 1.29 is 44.3 Å². The van der Waals surface area contributed by atoms with E-state index in [1.807, 2.05) is 0 Å². The van der Waals surface area contributed by atoms with Crippen LogP contribution in [0.1, 0.15) is 33.6 Å². The Morgan fingerprint density at radius 1 is 0.909 bits per heavy atom. The van der Waals surface area contributed by atoms with E-state index in [2.05, 4.69) is 4.74 Å². The number of aliphatic hydroxyl groups excluding tert-OH is 3. The lowest BCUT2D eigenvalue weighted by Crippen LogP contribution is -2.11. The van der Waals surface area contributed by atoms with E-state index in [0.29, 0.717) is 0 Å². The predicted molar refractivity (Wildman–Crippen MR) is 77.2 cm³/mol. The van der Waals surface area contributed by atoms with Crippen LogP contribution in [0.4, 0.5) is 0 Å². The van der Waals surface area contributed by atoms with E-state index in [0.717, 1.165) is 7.11 Å². The van der Waals surface area contributed by atoms with E-state index in [1.165, 1.54) is 13.8 Å². The van der Waals surface area contributed by atoms with Gasteiger partial charge in [-0.25, -0.2) is 4.79 Å². The highest BCUT2D eigenvalue weighted by molar-refractivity contribution is 5.76. The largest absolute Gasteiger partial charge is 0.481 e. The SMILES string of the molecule is CC(=O)CCOC(=O)CO.CC(=O)CO.CCC(=O)O.CO. The van der Waals surface area contributed by atoms with E-state index < -0.39 is 18.5 Å². The van der Waals surface area contributed by atoms with Crippen LogP contribution in [-0.2, 0) is 23.9 Å². The molecule has 0 saturated heterocycles. The summed E-state index contributed by atoms with van der Waals surface area (Å²) in [5, 5.41) is 30.7. The standard InChI is InChI=1S/C6H10O4.2C3H6O2.CH4O/c1-5(8)2-3-10-6(9)4-7;1-3(5)2-4;1-2-3(4)5;1-2/h7H,2-4H2,1H3;4H,2H2,1H3;2H2,1H3,(H,4,5);2H,1H3. The first kappa shape index (κ1) is 28.3. The Morgan fingerprint density at radius 2 is 1.27 bits per heavy atom. The van der Waals surface area contributed by atoms with Crippen molar-refractivity contribution >= 4 is 23.5 Å². The van der Waals surface area contributed by atoms with E-state index in [1.54, 1.807) is 6.92 Å². The van der Waals surface area contributed by atoms with Gasteiger partial charge in [0.15, 0.2) is 5.78 Å². The summed E-state index contributed by atoms with van der Waals surface area (Å²) in [6, 6.07) is 0. The first-order chi connectivity index (χ1) is 10.2. The number of carboxylic acids is 1. The molecular weight excluding hydrogens is 300 g/mol. The van der Waals surface area contributed by atoms with Crippen molar-refractivity contribution in [2.24, 2.45) is 0 Å². The van der Waals surface area contributed by atoms with Crippen LogP contribution >= 0.6 is 0 Å². The molecule has 0 saturated carbocycles. The highest BCUT2D eigenvalue weighted by Gasteiger charge is 1.99. The molecule has 4 N–H and O–H groups in total. The molecule has 0 aromatic carbocycles. The van der Waals surface area contributed by atoms with Gasteiger partial charge in [-0.05, 0) is 13.8 Å². The average molecular weight is 326 g/mol. The molecule has 0 aromatic rings. The Morgan fingerprint density at radius 3 is 1.45 bits per heavy atom. The lowest BCUT2D eigenvalue weighted by molar-refractivity contribution is -0.147. The fourth-order valence-electron chi connectivity index (χ4n) is 0.354. The lowest BCUT2D eigenvalue weighted by atomic mass is 10.3. The fourth-order valence-corrected chi connectivity index (χ4v) is 0.354. The van der Waals surface area contributed by atoms with Crippen LogP contribution in [0.5, 0.6) is 0 Å². The monoisotopic (exact) mass is 326 g/mol. The minimum Gasteiger partial charge on any atom is -0.481 e. The van der Waals surface area contributed by atoms with E-state index in [9.17, 15) is 19.2 Å². The summed E-state index contributed by atoms with van der Waals surface area (Å²) in [5.74, 6) is -1.66. The summed E-state index contributed by atoms with van der Waals surface area (Å²) in [4.78, 5) is 39.4. The first-order valence-electron chi connectivity index (χ1n) is 6.23. The molecule has 0 heterocycles. The van der Waals surface area contributed by atoms with Crippen LogP contribution in [0.25, 0.3) is 0 Å². The maximum Gasteiger partial charge on any atom is 0.331 e. The summed E-state index contributed by atoms with van der Waals surface area (Å²) < 4.78 is 4.39. The zero-order chi connectivity index (χ0) is 18.6. The number of carbonyl (C=O) groups excluding carboxylic acids is 3. The highest BCUT2D eigenvalue weighted by Crippen LogP contribution is 1.84. The number of hydrogen-bond acceptors (Lipinski definition) is 8. The second-order valence-corrected chi connectivity index (χ2v) is 3.44. The van der Waals surface area contributed by atoms with Gasteiger partial charge in [0, 0.05) is 20.0 Å². The summed E-state index contributed by atoms with van der Waals surface area (Å²) in [7, 11) is 1.00. The van der Waals surface area contributed by atoms with Crippen molar-refractivity contribution in [3.05, 3.63) is 0 Å². The normalized spacial score (nSPS) is 7.77. The first-order valence-corrected chi connectivity index (χ1v) is 6.23. The van der Waals surface area contributed by atoms with Crippen LogP contribution in [0, 0.1) is 0 Å². The van der Waals surface area contributed by atoms with Crippen LogP contribution in [0.2, 0.25) is 0 Å². The summed E-state index contributed by atoms with van der Waals surface area (Å²) in [5.41, 5.74) is 0. The van der Waals surface area contributed by atoms with E-state index >= 15 is 0 Å². The molecule has 0 amide bonds. The average Bonchev–Trinajstić information content (AvgIpc) is 2.49. The van der Waals surface area contributed by atoms with Crippen molar-refractivity contribution in [3.8, 4) is 0 Å². The highest BCUT2D eigenvalue weighted by atomic mass is 16.5. The molecule has 0 unspecified atom stereocenters. The molecule has 0 aliphatic rings. The van der Waals surface area contributed by atoms with E-state index in [-0.39, 0.29) is 37.6 Å². The van der Waals surface area contributed by atoms with Gasteiger partial charge < -0.3 is 25.2 Å². The number of Topliss-reactive ketones (excluding diaryl/α,β-unsaturated/α-hetero) is 2. The number of rotatable bonds is 6. The molecule has 0 spiro atoms. The van der Waals surface area contributed by atoms with Crippen LogP contribution in [-0.4, -0.2) is 70.9 Å². The van der Waals surface area contributed by atoms with Gasteiger partial charge in [-0.3, -0.25) is 14.4 Å². The summed E-state index contributed by atoms with van der Waals surface area (Å²) in [6.07, 6.45) is 0.436. The number of ketones is 2. The molecule has 9 heteroatoms. The van der Waals surface area contributed by atoms with Crippen molar-refractivity contribution in [2.75, 3.05) is 26.9 Å². The summed E-state index contributed by atoms with van der Waals surface area (Å²) in [6.45, 7) is 3.45. The van der Waals surface area contributed by atoms with Gasteiger partial charge in [0.1, 0.15) is 19.0 Å². The number of carbonyl (C=O) groups is 4. The Bertz CT molecular complexity index is 286. The number of esters is 1. The van der Waals surface area contributed by atoms with Gasteiger partial charge in [-0.2, -0.15) is 0 Å². The Hall–Kier alpha value is -1.84. The van der Waals surface area contributed by atoms with Crippen molar-refractivity contribution in [1.82, 2.24) is 0 Å². The minimum absolute atomic E-state index is 0.0364. The van der Waals surface area contributed by atoms with Crippen molar-refractivity contribution in [3.63, 3.8) is 0 Å². The number of hydrogen-bond donors (Lipinski definition) is 4. The van der Waals surface area contributed by atoms with Crippen molar-refractivity contribution in [1.29, 1.82) is 0 Å². The molecular formula is C13H26O9. The van der Waals surface area contributed by atoms with Gasteiger partial charge in [-0.1, -0.05) is 6.92 Å². The Labute approximate surface area is 129 Å². The number of aliphatic hydroxyl groups is 3. The fraction of sp³-hybridized carbons (Fsp3) is 0.692. The summed E-state index contributed by atoms with van der Waals surface area (Å²) >= 11 is 0. The zero-order valence-corrected chi connectivity index (χ0v) is 13.4. The quantitative estimate of drug-likeness (QED) is 0.456. The molecule has 0 aliphatic carbocycles. The third-order valence-electron chi connectivity index (χ3n) is 1.37. The molecule has 132 valence electrons. The molecule has 22 heavy (non-hydrogen) atoms. The minimum atomic E-state index is -0.745. The smallest absolute Gasteiger partial charge is 0.331 e. The Kier molecular flexibility index (Phi) is 31.2. The predicted octanol–water partition coefficient (Wildman–Crippen LogP) is -0.842. The molecule has 0 radical (unpaired) electrons. The van der Waals surface area contributed by atoms with E-state index in [4.69, 9.17) is 20.4 Å². The van der Waals surface area contributed by atoms with Gasteiger partial charge in [0.05, 0.1) is 6.61 Å². The topological polar surface area (TPSA) is 158 Å². The third kappa shape index (κ3) is 51.8. The molecule has 9 nitrogen and oxygen atoms in total. The molecule has 0 bridgehead atoms. The zero-order valence-electron chi connectivity index (χ0n) is 13.4. The lowest BCUT2D eigenvalue weighted by Gasteiger charge is -1.98. The van der Waals surface area contributed by atoms with Gasteiger partial charge in [-0.15, -0.1) is 0 Å². The molecule has 0 rings (SSSR count). The molecule has 0 fully saturated rings. The Balaban J connectivity index is -0.000000114. The maximum absolute atomic E-state index is 10.3.